The third-order valence-electron chi connectivity index (χ3n) is 4.49. The molecule has 8 heteroatoms. The summed E-state index contributed by atoms with van der Waals surface area (Å²) in [7, 11) is 0. The summed E-state index contributed by atoms with van der Waals surface area (Å²) in [5.41, 5.74) is 4.14. The fourth-order valence-electron chi connectivity index (χ4n) is 2.59. The van der Waals surface area contributed by atoms with Gasteiger partial charge in [0.05, 0.1) is 0 Å². The second-order valence-corrected chi connectivity index (χ2v) is 6.89. The summed E-state index contributed by atoms with van der Waals surface area (Å²) in [6.45, 7) is 5.96. The Morgan fingerprint density at radius 3 is 2.46 bits per heavy atom. The van der Waals surface area contributed by atoms with Crippen LogP contribution in [-0.2, 0) is 9.59 Å². The zero-order valence-electron chi connectivity index (χ0n) is 16.1. The van der Waals surface area contributed by atoms with Crippen molar-refractivity contribution in [3.63, 3.8) is 0 Å². The molecular weight excluding hydrogens is 354 g/mol. The number of allylic oxidation sites excluding steroid dienone is 1. The van der Waals surface area contributed by atoms with Crippen LogP contribution < -0.4 is 11.1 Å². The van der Waals surface area contributed by atoms with Crippen molar-refractivity contribution in [3.05, 3.63) is 12.2 Å². The molecule has 0 aromatic carbocycles. The summed E-state index contributed by atoms with van der Waals surface area (Å²) in [4.78, 5) is 26.0. The van der Waals surface area contributed by atoms with Gasteiger partial charge in [-0.15, -0.1) is 0 Å². The van der Waals surface area contributed by atoms with Gasteiger partial charge in [-0.1, -0.05) is 32.4 Å². The van der Waals surface area contributed by atoms with E-state index in [2.05, 4.69) is 31.8 Å². The van der Waals surface area contributed by atoms with Gasteiger partial charge in [0.25, 0.3) is 0 Å². The number of nitrogens with zero attached hydrogens (tertiary/aromatic N) is 1. The molecule has 0 spiro atoms. The lowest BCUT2D eigenvalue weighted by Crippen LogP contribution is -2.67. The zero-order chi connectivity index (χ0) is 20.2. The number of hydrogen-bond donors (Lipinski definition) is 5. The first-order valence-electron chi connectivity index (χ1n) is 9.20. The molecule has 7 nitrogen and oxygen atoms in total. The lowest BCUT2D eigenvalue weighted by molar-refractivity contribution is -0.163. The van der Waals surface area contributed by atoms with Crippen LogP contribution in [0.3, 0.4) is 0 Å². The van der Waals surface area contributed by atoms with Crippen LogP contribution >= 0.6 is 12.6 Å². The lowest BCUT2D eigenvalue weighted by atomic mass is 10.0. The normalized spacial score (nSPS) is 16.2. The van der Waals surface area contributed by atoms with Gasteiger partial charge in [-0.25, -0.2) is 4.79 Å². The summed E-state index contributed by atoms with van der Waals surface area (Å²) in [5.74, 6) is -0.604. The van der Waals surface area contributed by atoms with Gasteiger partial charge in [-0.2, -0.15) is 12.6 Å². The van der Waals surface area contributed by atoms with Crippen LogP contribution in [0.1, 0.15) is 46.5 Å². The Morgan fingerprint density at radius 1 is 1.35 bits per heavy atom. The SMILES string of the molecule is CC[C@H](C)C/C=C/CC(=O)N(CC)[C@](CCO)(NC[C@@H](N)CS)C(=O)O. The summed E-state index contributed by atoms with van der Waals surface area (Å²) >= 11 is 4.09. The van der Waals surface area contributed by atoms with E-state index in [0.29, 0.717) is 11.7 Å². The van der Waals surface area contributed by atoms with Crippen molar-refractivity contribution >= 4 is 24.5 Å². The van der Waals surface area contributed by atoms with Crippen LogP contribution in [0.4, 0.5) is 0 Å². The molecule has 0 aromatic heterocycles. The average molecular weight is 390 g/mol. The average Bonchev–Trinajstić information content (AvgIpc) is 2.62. The molecular formula is C18H35N3O4S. The number of aliphatic hydroxyl groups excluding tert-OH is 1. The Bertz CT molecular complexity index is 462. The zero-order valence-corrected chi connectivity index (χ0v) is 17.0. The van der Waals surface area contributed by atoms with Gasteiger partial charge in [-0.05, 0) is 19.3 Å². The highest BCUT2D eigenvalue weighted by atomic mass is 32.1. The van der Waals surface area contributed by atoms with Crippen molar-refractivity contribution in [1.82, 2.24) is 10.2 Å². The molecule has 0 saturated heterocycles. The molecule has 0 saturated carbocycles. The maximum atomic E-state index is 12.7. The van der Waals surface area contributed by atoms with E-state index in [1.165, 1.54) is 4.90 Å². The molecule has 0 aliphatic heterocycles. The molecule has 0 aliphatic rings. The van der Waals surface area contributed by atoms with Crippen molar-refractivity contribution in [3.8, 4) is 0 Å². The van der Waals surface area contributed by atoms with Crippen LogP contribution in [0, 0.1) is 5.92 Å². The molecule has 26 heavy (non-hydrogen) atoms. The quantitative estimate of drug-likeness (QED) is 0.173. The van der Waals surface area contributed by atoms with Gasteiger partial charge >= 0.3 is 5.97 Å². The minimum absolute atomic E-state index is 0.116. The molecule has 152 valence electrons. The number of likely N-dealkylation sites (N-methyl/N-ethyl adjacent to an activating group) is 1. The van der Waals surface area contributed by atoms with Crippen LogP contribution in [0.5, 0.6) is 0 Å². The third kappa shape index (κ3) is 7.65. The van der Waals surface area contributed by atoms with Crippen molar-refractivity contribution in [2.24, 2.45) is 11.7 Å². The number of nitrogens with one attached hydrogen (secondary N) is 1. The number of aliphatic hydroxyl groups is 1. The van der Waals surface area contributed by atoms with E-state index < -0.39 is 11.6 Å². The Morgan fingerprint density at radius 2 is 2.00 bits per heavy atom. The van der Waals surface area contributed by atoms with Crippen molar-refractivity contribution < 1.29 is 19.8 Å². The number of thiol groups is 1. The van der Waals surface area contributed by atoms with E-state index in [9.17, 15) is 19.8 Å². The lowest BCUT2D eigenvalue weighted by Gasteiger charge is -2.41. The number of hydrogen-bond acceptors (Lipinski definition) is 6. The number of carboxylic acid groups (broad SMARTS) is 1. The minimum atomic E-state index is -1.69. The maximum Gasteiger partial charge on any atom is 0.345 e. The Kier molecular flexibility index (Phi) is 12.6. The van der Waals surface area contributed by atoms with Gasteiger partial charge < -0.3 is 20.8 Å². The predicted octanol–water partition coefficient (Wildman–Crippen LogP) is 1.23. The minimum Gasteiger partial charge on any atom is -0.478 e. The molecule has 0 bridgehead atoms. The molecule has 3 atom stereocenters. The van der Waals surface area contributed by atoms with Crippen LogP contribution in [-0.4, -0.2) is 64.1 Å². The summed E-state index contributed by atoms with van der Waals surface area (Å²) in [6.07, 6.45) is 5.67. The van der Waals surface area contributed by atoms with E-state index in [1.54, 1.807) is 13.0 Å². The number of aliphatic carboxylic acids is 1. The molecule has 0 aromatic rings. The highest BCUT2D eigenvalue weighted by Gasteiger charge is 2.45. The Hall–Kier alpha value is -1.09. The van der Waals surface area contributed by atoms with Crippen LogP contribution in [0.2, 0.25) is 0 Å². The molecule has 0 unspecified atom stereocenters. The number of carbonyl (C=O) groups is 2. The van der Waals surface area contributed by atoms with Crippen molar-refractivity contribution in [2.45, 2.75) is 58.2 Å². The van der Waals surface area contributed by atoms with E-state index in [0.717, 1.165) is 12.8 Å². The second-order valence-electron chi connectivity index (χ2n) is 6.53. The Labute approximate surface area is 162 Å². The first-order chi connectivity index (χ1) is 12.3. The van der Waals surface area contributed by atoms with Crippen LogP contribution in [0.15, 0.2) is 12.2 Å². The number of rotatable bonds is 14. The monoisotopic (exact) mass is 389 g/mol. The van der Waals surface area contributed by atoms with E-state index in [4.69, 9.17) is 5.73 Å². The molecule has 0 fully saturated rings. The van der Waals surface area contributed by atoms with E-state index in [1.807, 2.05) is 6.08 Å². The summed E-state index contributed by atoms with van der Waals surface area (Å²) in [5, 5.41) is 22.1. The molecule has 5 N–H and O–H groups in total. The molecule has 0 heterocycles. The number of carbonyl (C=O) groups excluding carboxylic acids is 1. The highest BCUT2D eigenvalue weighted by Crippen LogP contribution is 2.19. The number of carboxylic acids is 1. The molecule has 1 amide bonds. The largest absolute Gasteiger partial charge is 0.478 e. The summed E-state index contributed by atoms with van der Waals surface area (Å²) in [6, 6.07) is -0.361. The highest BCUT2D eigenvalue weighted by molar-refractivity contribution is 7.80. The smallest absolute Gasteiger partial charge is 0.345 e. The first-order valence-corrected chi connectivity index (χ1v) is 9.83. The fraction of sp³-hybridized carbons (Fsp3) is 0.778. The topological polar surface area (TPSA) is 116 Å². The third-order valence-corrected chi connectivity index (χ3v) is 4.96. The second kappa shape index (κ2) is 13.1. The van der Waals surface area contributed by atoms with Gasteiger partial charge in [0.15, 0.2) is 5.66 Å². The van der Waals surface area contributed by atoms with Crippen molar-refractivity contribution in [1.29, 1.82) is 0 Å². The fourth-order valence-corrected chi connectivity index (χ4v) is 2.72. The van der Waals surface area contributed by atoms with Gasteiger partial charge in [0.2, 0.25) is 5.91 Å². The molecule has 0 aliphatic carbocycles. The van der Waals surface area contributed by atoms with E-state index in [-0.39, 0.29) is 44.5 Å². The first kappa shape index (κ1) is 24.9. The molecule has 0 radical (unpaired) electrons. The standard InChI is InChI=1S/C18H35N3O4S/c1-4-14(3)8-6-7-9-16(23)21(5-2)18(10-11-22,17(24)25)20-12-15(19)13-26/h6-7,14-15,20,22,26H,4-5,8-13,19H2,1-3H3,(H,24,25)/b7-6+/t14-,15+,18-/m0/s1. The summed E-state index contributed by atoms with van der Waals surface area (Å²) < 4.78 is 0. The number of nitrogens with two attached hydrogens (primary N) is 1. The van der Waals surface area contributed by atoms with Crippen molar-refractivity contribution in [2.75, 3.05) is 25.4 Å². The molecule has 0 rings (SSSR count). The van der Waals surface area contributed by atoms with Gasteiger partial charge in [0.1, 0.15) is 0 Å². The van der Waals surface area contributed by atoms with Gasteiger partial charge in [0, 0.05) is 44.3 Å². The number of amides is 1. The van der Waals surface area contributed by atoms with Gasteiger partial charge in [-0.3, -0.25) is 10.1 Å². The van der Waals surface area contributed by atoms with E-state index >= 15 is 0 Å². The maximum absolute atomic E-state index is 12.7. The predicted molar refractivity (Wildman–Crippen MR) is 107 cm³/mol. The Balaban J connectivity index is 5.30. The van der Waals surface area contributed by atoms with Crippen LogP contribution in [0.25, 0.3) is 0 Å².